The van der Waals surface area contributed by atoms with Crippen LogP contribution in [0.1, 0.15) is 23.6 Å². The van der Waals surface area contributed by atoms with Crippen LogP contribution in [0, 0.1) is 0 Å². The number of rotatable bonds is 4. The molecule has 0 unspecified atom stereocenters. The minimum Gasteiger partial charge on any atom is -0.496 e. The van der Waals surface area contributed by atoms with E-state index >= 15 is 0 Å². The molecule has 0 aromatic heterocycles. The van der Waals surface area contributed by atoms with Gasteiger partial charge in [-0.05, 0) is 19.4 Å². The Bertz CT molecular complexity index is 529. The van der Waals surface area contributed by atoms with Crippen LogP contribution in [0.15, 0.2) is 6.07 Å². The van der Waals surface area contributed by atoms with E-state index in [1.807, 2.05) is 0 Å². The Morgan fingerprint density at radius 3 is 2.67 bits per heavy atom. The highest BCUT2D eigenvalue weighted by Crippen LogP contribution is 2.38. The van der Waals surface area contributed by atoms with Crippen LogP contribution in [0.5, 0.6) is 11.5 Å². The SMILES string of the molecule is CCOC(=O)N1CCc2c(c(OC)cc(CO)c2OC)C1. The minimum atomic E-state index is -0.324. The molecule has 0 radical (unpaired) electrons. The van der Waals surface area contributed by atoms with Crippen LogP contribution in [-0.4, -0.2) is 43.5 Å². The van der Waals surface area contributed by atoms with Gasteiger partial charge in [-0.25, -0.2) is 4.79 Å². The van der Waals surface area contributed by atoms with Crippen molar-refractivity contribution in [1.29, 1.82) is 0 Å². The number of aliphatic hydroxyl groups excluding tert-OH is 1. The second-order valence-electron chi connectivity index (χ2n) is 4.76. The first-order chi connectivity index (χ1) is 10.2. The molecule has 1 heterocycles. The molecule has 6 nitrogen and oxygen atoms in total. The lowest BCUT2D eigenvalue weighted by Crippen LogP contribution is -2.36. The second kappa shape index (κ2) is 6.67. The van der Waals surface area contributed by atoms with Crippen molar-refractivity contribution >= 4 is 6.09 Å². The van der Waals surface area contributed by atoms with Gasteiger partial charge in [-0.3, -0.25) is 0 Å². The van der Waals surface area contributed by atoms with E-state index in [2.05, 4.69) is 0 Å². The van der Waals surface area contributed by atoms with Crippen molar-refractivity contribution in [3.63, 3.8) is 0 Å². The number of nitrogens with zero attached hydrogens (tertiary/aromatic N) is 1. The normalized spacial score (nSPS) is 13.6. The van der Waals surface area contributed by atoms with E-state index < -0.39 is 0 Å². The summed E-state index contributed by atoms with van der Waals surface area (Å²) in [5.74, 6) is 1.33. The summed E-state index contributed by atoms with van der Waals surface area (Å²) >= 11 is 0. The molecule has 0 fully saturated rings. The molecule has 1 aliphatic rings. The van der Waals surface area contributed by atoms with Crippen molar-refractivity contribution in [1.82, 2.24) is 4.90 Å². The van der Waals surface area contributed by atoms with Crippen molar-refractivity contribution < 1.29 is 24.1 Å². The summed E-state index contributed by atoms with van der Waals surface area (Å²) in [6.45, 7) is 2.99. The molecular formula is C15H21NO5. The summed E-state index contributed by atoms with van der Waals surface area (Å²) in [5, 5.41) is 9.46. The molecule has 21 heavy (non-hydrogen) atoms. The van der Waals surface area contributed by atoms with Crippen LogP contribution in [0.4, 0.5) is 4.79 Å². The summed E-state index contributed by atoms with van der Waals surface area (Å²) in [7, 11) is 3.16. The molecule has 1 N–H and O–H groups in total. The topological polar surface area (TPSA) is 68.2 Å². The summed E-state index contributed by atoms with van der Waals surface area (Å²) in [6.07, 6.45) is 0.317. The zero-order chi connectivity index (χ0) is 15.4. The van der Waals surface area contributed by atoms with E-state index in [-0.39, 0.29) is 12.7 Å². The van der Waals surface area contributed by atoms with Crippen molar-refractivity contribution in [3.05, 3.63) is 22.8 Å². The van der Waals surface area contributed by atoms with Crippen LogP contribution in [-0.2, 0) is 24.3 Å². The Hall–Kier alpha value is -1.95. The van der Waals surface area contributed by atoms with Crippen LogP contribution in [0.3, 0.4) is 0 Å². The quantitative estimate of drug-likeness (QED) is 0.916. The Kier molecular flexibility index (Phi) is 4.90. The summed E-state index contributed by atoms with van der Waals surface area (Å²) in [4.78, 5) is 13.5. The first kappa shape index (κ1) is 15.4. The third-order valence-corrected chi connectivity index (χ3v) is 3.63. The first-order valence-corrected chi connectivity index (χ1v) is 6.94. The van der Waals surface area contributed by atoms with Gasteiger partial charge in [0.25, 0.3) is 0 Å². The summed E-state index contributed by atoms with van der Waals surface area (Å²) in [6, 6.07) is 1.76. The molecule has 1 aromatic rings. The van der Waals surface area contributed by atoms with Crippen LogP contribution in [0.2, 0.25) is 0 Å². The number of methoxy groups -OCH3 is 2. The van der Waals surface area contributed by atoms with Crippen molar-refractivity contribution in [3.8, 4) is 11.5 Å². The van der Waals surface area contributed by atoms with Gasteiger partial charge in [-0.2, -0.15) is 0 Å². The average molecular weight is 295 g/mol. The first-order valence-electron chi connectivity index (χ1n) is 6.94. The van der Waals surface area contributed by atoms with E-state index in [1.165, 1.54) is 0 Å². The van der Waals surface area contributed by atoms with Gasteiger partial charge in [0.1, 0.15) is 11.5 Å². The number of hydrogen-bond acceptors (Lipinski definition) is 5. The highest BCUT2D eigenvalue weighted by atomic mass is 16.6. The maximum Gasteiger partial charge on any atom is 0.410 e. The Morgan fingerprint density at radius 1 is 1.33 bits per heavy atom. The van der Waals surface area contributed by atoms with E-state index in [0.29, 0.717) is 43.2 Å². The smallest absolute Gasteiger partial charge is 0.410 e. The van der Waals surface area contributed by atoms with Gasteiger partial charge in [0, 0.05) is 23.2 Å². The standard InChI is InChI=1S/C15H21NO5/c1-4-21-15(18)16-6-5-11-12(8-16)13(19-2)7-10(9-17)14(11)20-3/h7,17H,4-6,8-9H2,1-3H3. The van der Waals surface area contributed by atoms with Gasteiger partial charge in [-0.1, -0.05) is 0 Å². The van der Waals surface area contributed by atoms with Crippen LogP contribution < -0.4 is 9.47 Å². The van der Waals surface area contributed by atoms with Gasteiger partial charge in [0.2, 0.25) is 0 Å². The van der Waals surface area contributed by atoms with Gasteiger partial charge < -0.3 is 24.2 Å². The lowest BCUT2D eigenvalue weighted by molar-refractivity contribution is 0.102. The second-order valence-corrected chi connectivity index (χ2v) is 4.76. The maximum atomic E-state index is 11.9. The van der Waals surface area contributed by atoms with Crippen molar-refractivity contribution in [2.75, 3.05) is 27.4 Å². The van der Waals surface area contributed by atoms with Crippen molar-refractivity contribution in [2.24, 2.45) is 0 Å². The zero-order valence-corrected chi connectivity index (χ0v) is 12.6. The molecule has 1 aliphatic heterocycles. The molecule has 1 aromatic carbocycles. The third-order valence-electron chi connectivity index (χ3n) is 3.63. The molecule has 0 atom stereocenters. The molecule has 116 valence electrons. The molecule has 6 heteroatoms. The highest BCUT2D eigenvalue weighted by molar-refractivity contribution is 5.69. The van der Waals surface area contributed by atoms with E-state index in [4.69, 9.17) is 14.2 Å². The van der Waals surface area contributed by atoms with E-state index in [1.54, 1.807) is 32.1 Å². The number of carbonyl (C=O) groups excluding carboxylic acids is 1. The molecular weight excluding hydrogens is 274 g/mol. The predicted octanol–water partition coefficient (Wildman–Crippen LogP) is 1.71. The summed E-state index contributed by atoms with van der Waals surface area (Å²) < 4.78 is 15.9. The van der Waals surface area contributed by atoms with Gasteiger partial charge >= 0.3 is 6.09 Å². The molecule has 0 bridgehead atoms. The van der Waals surface area contributed by atoms with E-state index in [9.17, 15) is 9.90 Å². The fraction of sp³-hybridized carbons (Fsp3) is 0.533. The molecule has 0 aliphatic carbocycles. The minimum absolute atomic E-state index is 0.117. The third kappa shape index (κ3) is 2.90. The van der Waals surface area contributed by atoms with Gasteiger partial charge in [0.05, 0.1) is 34.0 Å². The lowest BCUT2D eigenvalue weighted by Gasteiger charge is -2.31. The molecule has 0 saturated carbocycles. The van der Waals surface area contributed by atoms with Crippen LogP contribution >= 0.6 is 0 Å². The molecule has 0 saturated heterocycles. The molecule has 2 rings (SSSR count). The number of aliphatic hydroxyl groups is 1. The fourth-order valence-corrected chi connectivity index (χ4v) is 2.67. The average Bonchev–Trinajstić information content (AvgIpc) is 2.52. The number of fused-ring (bicyclic) bond motifs is 1. The summed E-state index contributed by atoms with van der Waals surface area (Å²) in [5.41, 5.74) is 2.59. The van der Waals surface area contributed by atoms with Crippen molar-refractivity contribution in [2.45, 2.75) is 26.5 Å². The molecule has 1 amide bonds. The number of amides is 1. The maximum absolute atomic E-state index is 11.9. The zero-order valence-electron chi connectivity index (χ0n) is 12.6. The number of hydrogen-bond donors (Lipinski definition) is 1. The number of carbonyl (C=O) groups is 1. The monoisotopic (exact) mass is 295 g/mol. The van der Waals surface area contributed by atoms with E-state index in [0.717, 1.165) is 11.1 Å². The molecule has 0 spiro atoms. The number of benzene rings is 1. The lowest BCUT2D eigenvalue weighted by atomic mass is 9.95. The van der Waals surface area contributed by atoms with Gasteiger partial charge in [0.15, 0.2) is 0 Å². The van der Waals surface area contributed by atoms with Crippen LogP contribution in [0.25, 0.3) is 0 Å². The number of ether oxygens (including phenoxy) is 3. The van der Waals surface area contributed by atoms with Gasteiger partial charge in [-0.15, -0.1) is 0 Å². The largest absolute Gasteiger partial charge is 0.496 e. The Labute approximate surface area is 124 Å². The fourth-order valence-electron chi connectivity index (χ4n) is 2.67. The highest BCUT2D eigenvalue weighted by Gasteiger charge is 2.28. The predicted molar refractivity (Wildman–Crippen MR) is 76.6 cm³/mol. The Balaban J connectivity index is 2.40. The Morgan fingerprint density at radius 2 is 2.10 bits per heavy atom.